The van der Waals surface area contributed by atoms with Gasteiger partial charge in [0.05, 0.1) is 6.61 Å². The maximum atomic E-state index is 12.7. The maximum Gasteiger partial charge on any atom is 0.450 e. The maximum absolute atomic E-state index is 12.7. The molecule has 0 aliphatic rings. The van der Waals surface area contributed by atoms with Crippen LogP contribution in [0.3, 0.4) is 0 Å². The molecule has 1 rings (SSSR count). The molecule has 3 nitrogen and oxygen atoms in total. The SMILES string of the molecule is CCOC(=O)c1c(C(F)(F)F)oc(CC)c1C. The number of carbonyl (C=O) groups excluding carboxylic acids is 1. The largest absolute Gasteiger partial charge is 0.462 e. The fourth-order valence-corrected chi connectivity index (χ4v) is 1.55. The van der Waals surface area contributed by atoms with Gasteiger partial charge in [0.25, 0.3) is 0 Å². The monoisotopic (exact) mass is 250 g/mol. The van der Waals surface area contributed by atoms with Crippen LogP contribution in [0.1, 0.15) is 41.3 Å². The van der Waals surface area contributed by atoms with E-state index in [-0.39, 0.29) is 24.4 Å². The lowest BCUT2D eigenvalue weighted by Gasteiger charge is -2.06. The molecular weight excluding hydrogens is 237 g/mol. The van der Waals surface area contributed by atoms with Crippen molar-refractivity contribution in [2.45, 2.75) is 33.4 Å². The highest BCUT2D eigenvalue weighted by molar-refractivity contribution is 5.92. The minimum absolute atomic E-state index is 0.0161. The predicted octanol–water partition coefficient (Wildman–Crippen LogP) is 3.35. The number of hydrogen-bond acceptors (Lipinski definition) is 3. The first kappa shape index (κ1) is 13.6. The summed E-state index contributed by atoms with van der Waals surface area (Å²) in [7, 11) is 0. The molecule has 0 atom stereocenters. The zero-order valence-electron chi connectivity index (χ0n) is 9.77. The number of ether oxygens (including phenoxy) is 1. The summed E-state index contributed by atoms with van der Waals surface area (Å²) in [4.78, 5) is 11.5. The molecule has 0 fully saturated rings. The summed E-state index contributed by atoms with van der Waals surface area (Å²) in [5, 5.41) is 0. The molecule has 1 heterocycles. The van der Waals surface area contributed by atoms with Crippen LogP contribution >= 0.6 is 0 Å². The van der Waals surface area contributed by atoms with Crippen molar-refractivity contribution in [2.75, 3.05) is 6.61 Å². The van der Waals surface area contributed by atoms with Crippen LogP contribution in [0.4, 0.5) is 13.2 Å². The molecule has 17 heavy (non-hydrogen) atoms. The van der Waals surface area contributed by atoms with Crippen LogP contribution in [-0.4, -0.2) is 12.6 Å². The van der Waals surface area contributed by atoms with Crippen molar-refractivity contribution >= 4 is 5.97 Å². The van der Waals surface area contributed by atoms with E-state index in [9.17, 15) is 18.0 Å². The minimum Gasteiger partial charge on any atom is -0.462 e. The van der Waals surface area contributed by atoms with Gasteiger partial charge in [0.15, 0.2) is 0 Å². The van der Waals surface area contributed by atoms with E-state index in [0.29, 0.717) is 0 Å². The highest BCUT2D eigenvalue weighted by atomic mass is 19.4. The first-order valence-electron chi connectivity index (χ1n) is 5.19. The Balaban J connectivity index is 3.34. The Bertz CT molecular complexity index is 418. The molecule has 0 saturated carbocycles. The highest BCUT2D eigenvalue weighted by Gasteiger charge is 2.42. The molecule has 96 valence electrons. The van der Waals surface area contributed by atoms with E-state index in [2.05, 4.69) is 4.74 Å². The van der Waals surface area contributed by atoms with Gasteiger partial charge in [0.1, 0.15) is 11.3 Å². The third-order valence-electron chi connectivity index (χ3n) is 2.30. The molecule has 0 radical (unpaired) electrons. The number of rotatable bonds is 3. The zero-order chi connectivity index (χ0) is 13.2. The van der Waals surface area contributed by atoms with Crippen molar-refractivity contribution in [3.8, 4) is 0 Å². The Morgan fingerprint density at radius 2 is 1.94 bits per heavy atom. The van der Waals surface area contributed by atoms with Crippen molar-refractivity contribution in [3.05, 3.63) is 22.6 Å². The number of alkyl halides is 3. The number of hydrogen-bond donors (Lipinski definition) is 0. The van der Waals surface area contributed by atoms with Gasteiger partial charge in [-0.1, -0.05) is 6.92 Å². The van der Waals surface area contributed by atoms with Crippen LogP contribution in [0, 0.1) is 6.92 Å². The molecule has 1 aromatic rings. The summed E-state index contributed by atoms with van der Waals surface area (Å²) < 4.78 is 47.3. The van der Waals surface area contributed by atoms with E-state index in [0.717, 1.165) is 0 Å². The lowest BCUT2D eigenvalue weighted by atomic mass is 10.1. The molecule has 0 bridgehead atoms. The van der Waals surface area contributed by atoms with E-state index in [1.165, 1.54) is 13.8 Å². The second kappa shape index (κ2) is 4.81. The molecule has 0 spiro atoms. The van der Waals surface area contributed by atoms with Gasteiger partial charge in [-0.3, -0.25) is 0 Å². The molecule has 0 N–H and O–H groups in total. The van der Waals surface area contributed by atoms with Gasteiger partial charge < -0.3 is 9.15 Å². The van der Waals surface area contributed by atoms with Crippen LogP contribution in [0.15, 0.2) is 4.42 Å². The number of esters is 1. The number of carbonyl (C=O) groups is 1. The smallest absolute Gasteiger partial charge is 0.450 e. The number of halogens is 3. The van der Waals surface area contributed by atoms with Crippen LogP contribution in [0.5, 0.6) is 0 Å². The van der Waals surface area contributed by atoms with Gasteiger partial charge in [-0.2, -0.15) is 13.2 Å². The lowest BCUT2D eigenvalue weighted by Crippen LogP contribution is -2.13. The van der Waals surface area contributed by atoms with Gasteiger partial charge in [0.2, 0.25) is 5.76 Å². The van der Waals surface area contributed by atoms with Crippen LogP contribution < -0.4 is 0 Å². The van der Waals surface area contributed by atoms with E-state index in [1.807, 2.05) is 0 Å². The van der Waals surface area contributed by atoms with E-state index in [4.69, 9.17) is 4.42 Å². The quantitative estimate of drug-likeness (QED) is 0.772. The standard InChI is InChI=1S/C11H13F3O3/c1-4-7-6(3)8(10(15)16-5-2)9(17-7)11(12,13)14/h4-5H2,1-3H3. The minimum atomic E-state index is -4.69. The average Bonchev–Trinajstić information content (AvgIpc) is 2.55. The topological polar surface area (TPSA) is 39.4 Å². The Hall–Kier alpha value is -1.46. The lowest BCUT2D eigenvalue weighted by molar-refractivity contribution is -0.154. The first-order chi connectivity index (χ1) is 7.82. The van der Waals surface area contributed by atoms with Crippen LogP contribution in [-0.2, 0) is 17.3 Å². The molecule has 0 aromatic carbocycles. The summed E-state index contributed by atoms with van der Waals surface area (Å²) >= 11 is 0. The summed E-state index contributed by atoms with van der Waals surface area (Å²) in [6.07, 6.45) is -4.41. The summed E-state index contributed by atoms with van der Waals surface area (Å²) in [5.41, 5.74) is -0.325. The first-order valence-corrected chi connectivity index (χ1v) is 5.19. The molecule has 0 aliphatic heterocycles. The van der Waals surface area contributed by atoms with Crippen molar-refractivity contribution in [3.63, 3.8) is 0 Å². The fraction of sp³-hybridized carbons (Fsp3) is 0.545. The molecule has 0 unspecified atom stereocenters. The van der Waals surface area contributed by atoms with Gasteiger partial charge in [-0.15, -0.1) is 0 Å². The predicted molar refractivity (Wildman–Crippen MR) is 53.8 cm³/mol. The van der Waals surface area contributed by atoms with Crippen LogP contribution in [0.25, 0.3) is 0 Å². The molecule has 1 aromatic heterocycles. The van der Waals surface area contributed by atoms with Gasteiger partial charge >= 0.3 is 12.1 Å². The highest BCUT2D eigenvalue weighted by Crippen LogP contribution is 2.37. The van der Waals surface area contributed by atoms with E-state index in [1.54, 1.807) is 6.92 Å². The summed E-state index contributed by atoms with van der Waals surface area (Å²) in [6, 6.07) is 0. The van der Waals surface area contributed by atoms with Crippen LogP contribution in [0.2, 0.25) is 0 Å². The van der Waals surface area contributed by atoms with Gasteiger partial charge in [-0.05, 0) is 13.8 Å². The van der Waals surface area contributed by atoms with E-state index >= 15 is 0 Å². The van der Waals surface area contributed by atoms with Gasteiger partial charge in [0, 0.05) is 12.0 Å². The van der Waals surface area contributed by atoms with E-state index < -0.39 is 23.5 Å². The molecule has 0 aliphatic carbocycles. The Morgan fingerprint density at radius 3 is 2.35 bits per heavy atom. The Kier molecular flexibility index (Phi) is 3.85. The fourth-order valence-electron chi connectivity index (χ4n) is 1.55. The molecule has 0 amide bonds. The molecule has 6 heteroatoms. The second-order valence-electron chi connectivity index (χ2n) is 3.43. The third-order valence-corrected chi connectivity index (χ3v) is 2.30. The molecular formula is C11H13F3O3. The number of aryl methyl sites for hydroxylation is 1. The summed E-state index contributed by atoms with van der Waals surface area (Å²) in [6.45, 7) is 4.62. The Labute approximate surface area is 96.6 Å². The van der Waals surface area contributed by atoms with Gasteiger partial charge in [-0.25, -0.2) is 4.79 Å². The molecule has 0 saturated heterocycles. The normalized spacial score (nSPS) is 11.6. The average molecular weight is 250 g/mol. The third kappa shape index (κ3) is 2.62. The second-order valence-corrected chi connectivity index (χ2v) is 3.43. The van der Waals surface area contributed by atoms with Crippen molar-refractivity contribution in [1.82, 2.24) is 0 Å². The van der Waals surface area contributed by atoms with Crippen molar-refractivity contribution in [2.24, 2.45) is 0 Å². The Morgan fingerprint density at radius 1 is 1.35 bits per heavy atom. The van der Waals surface area contributed by atoms with Crippen molar-refractivity contribution in [1.29, 1.82) is 0 Å². The van der Waals surface area contributed by atoms with Crippen molar-refractivity contribution < 1.29 is 27.1 Å². The summed E-state index contributed by atoms with van der Waals surface area (Å²) in [5.74, 6) is -2.12. The number of furan rings is 1. The zero-order valence-corrected chi connectivity index (χ0v) is 9.77.